The zero-order valence-electron chi connectivity index (χ0n) is 9.59. The van der Waals surface area contributed by atoms with Gasteiger partial charge in [-0.1, -0.05) is 12.1 Å². The average Bonchev–Trinajstić information content (AvgIpc) is 2.35. The molecule has 1 rings (SSSR count). The van der Waals surface area contributed by atoms with Crippen LogP contribution >= 0.6 is 11.6 Å². The van der Waals surface area contributed by atoms with Crippen molar-refractivity contribution in [1.29, 1.82) is 0 Å². The van der Waals surface area contributed by atoms with Crippen molar-refractivity contribution in [2.75, 3.05) is 12.9 Å². The Morgan fingerprint density at radius 3 is 2.65 bits per heavy atom. The third kappa shape index (κ3) is 2.94. The SMILES string of the molecule is CC(CCl)N(C)C(=O)c1ccccc1[N+](=O)[O-]. The van der Waals surface area contributed by atoms with Crippen LogP contribution in [0.4, 0.5) is 5.69 Å². The lowest BCUT2D eigenvalue weighted by Crippen LogP contribution is -2.36. The van der Waals surface area contributed by atoms with E-state index in [1.165, 1.54) is 23.1 Å². The summed E-state index contributed by atoms with van der Waals surface area (Å²) in [5.41, 5.74) is -0.108. The summed E-state index contributed by atoms with van der Waals surface area (Å²) in [6, 6.07) is 5.70. The van der Waals surface area contributed by atoms with Crippen LogP contribution < -0.4 is 0 Å². The van der Waals surface area contributed by atoms with Gasteiger partial charge in [-0.25, -0.2) is 0 Å². The summed E-state index contributed by atoms with van der Waals surface area (Å²) in [7, 11) is 1.58. The number of halogens is 1. The number of alkyl halides is 1. The van der Waals surface area contributed by atoms with E-state index in [1.54, 1.807) is 20.0 Å². The summed E-state index contributed by atoms with van der Waals surface area (Å²) in [6.07, 6.45) is 0. The lowest BCUT2D eigenvalue weighted by molar-refractivity contribution is -0.385. The topological polar surface area (TPSA) is 63.5 Å². The zero-order valence-corrected chi connectivity index (χ0v) is 10.3. The minimum Gasteiger partial charge on any atom is -0.338 e. The molecule has 6 heteroatoms. The summed E-state index contributed by atoms with van der Waals surface area (Å²) in [6.45, 7) is 1.78. The molecule has 0 radical (unpaired) electrons. The van der Waals surface area contributed by atoms with E-state index < -0.39 is 10.8 Å². The van der Waals surface area contributed by atoms with Crippen LogP contribution in [-0.2, 0) is 0 Å². The quantitative estimate of drug-likeness (QED) is 0.472. The molecule has 0 aliphatic heterocycles. The molecule has 0 spiro atoms. The number of carbonyl (C=O) groups is 1. The van der Waals surface area contributed by atoms with Crippen LogP contribution in [0.2, 0.25) is 0 Å². The molecular weight excluding hydrogens is 244 g/mol. The number of benzene rings is 1. The molecule has 0 bridgehead atoms. The first-order valence-electron chi connectivity index (χ1n) is 5.05. The van der Waals surface area contributed by atoms with Crippen LogP contribution in [0, 0.1) is 10.1 Å². The second kappa shape index (κ2) is 5.63. The lowest BCUT2D eigenvalue weighted by Gasteiger charge is -2.22. The van der Waals surface area contributed by atoms with Gasteiger partial charge < -0.3 is 4.90 Å². The molecule has 1 aromatic rings. The monoisotopic (exact) mass is 256 g/mol. The van der Waals surface area contributed by atoms with Gasteiger partial charge in [0, 0.05) is 25.0 Å². The van der Waals surface area contributed by atoms with E-state index in [2.05, 4.69) is 0 Å². The first kappa shape index (κ1) is 13.4. The van der Waals surface area contributed by atoms with Gasteiger partial charge in [-0.3, -0.25) is 14.9 Å². The lowest BCUT2D eigenvalue weighted by atomic mass is 10.1. The summed E-state index contributed by atoms with van der Waals surface area (Å²) < 4.78 is 0. The Hall–Kier alpha value is -1.62. The number of hydrogen-bond acceptors (Lipinski definition) is 3. The largest absolute Gasteiger partial charge is 0.338 e. The Morgan fingerprint density at radius 2 is 2.12 bits per heavy atom. The van der Waals surface area contributed by atoms with Crippen molar-refractivity contribution < 1.29 is 9.72 Å². The predicted molar refractivity (Wildman–Crippen MR) is 65.4 cm³/mol. The van der Waals surface area contributed by atoms with Crippen LogP contribution in [0.25, 0.3) is 0 Å². The molecule has 17 heavy (non-hydrogen) atoms. The Bertz CT molecular complexity index is 436. The minimum absolute atomic E-state index is 0.0805. The Balaban J connectivity index is 3.08. The van der Waals surface area contributed by atoms with Gasteiger partial charge in [-0.15, -0.1) is 11.6 Å². The molecule has 1 atom stereocenters. The minimum atomic E-state index is -0.563. The number of hydrogen-bond donors (Lipinski definition) is 0. The molecule has 0 saturated carbocycles. The first-order chi connectivity index (χ1) is 7.99. The van der Waals surface area contributed by atoms with E-state index in [0.29, 0.717) is 0 Å². The Labute approximate surface area is 104 Å². The third-order valence-electron chi connectivity index (χ3n) is 2.54. The molecule has 0 fully saturated rings. The number of nitro benzene ring substituents is 1. The number of carbonyl (C=O) groups excluding carboxylic acids is 1. The highest BCUT2D eigenvalue weighted by molar-refractivity contribution is 6.18. The van der Waals surface area contributed by atoms with Gasteiger partial charge in [0.25, 0.3) is 11.6 Å². The molecular formula is C11H13ClN2O3. The second-order valence-corrected chi connectivity index (χ2v) is 4.00. The maximum Gasteiger partial charge on any atom is 0.282 e. The zero-order chi connectivity index (χ0) is 13.0. The molecule has 0 N–H and O–H groups in total. The molecule has 0 aromatic heterocycles. The van der Waals surface area contributed by atoms with Gasteiger partial charge in [0.1, 0.15) is 5.56 Å². The summed E-state index contributed by atoms with van der Waals surface area (Å²) >= 11 is 5.65. The van der Waals surface area contributed by atoms with E-state index in [-0.39, 0.29) is 23.2 Å². The molecule has 92 valence electrons. The fraction of sp³-hybridized carbons (Fsp3) is 0.364. The van der Waals surface area contributed by atoms with E-state index in [1.807, 2.05) is 0 Å². The summed E-state index contributed by atoms with van der Waals surface area (Å²) in [4.78, 5) is 23.7. The third-order valence-corrected chi connectivity index (χ3v) is 2.98. The van der Waals surface area contributed by atoms with Crippen molar-refractivity contribution in [1.82, 2.24) is 4.90 Å². The van der Waals surface area contributed by atoms with Crippen molar-refractivity contribution >= 4 is 23.2 Å². The van der Waals surface area contributed by atoms with Gasteiger partial charge in [0.05, 0.1) is 4.92 Å². The van der Waals surface area contributed by atoms with Crippen molar-refractivity contribution in [3.05, 3.63) is 39.9 Å². The number of nitrogens with zero attached hydrogens (tertiary/aromatic N) is 2. The normalized spacial score (nSPS) is 11.9. The predicted octanol–water partition coefficient (Wildman–Crippen LogP) is 2.29. The van der Waals surface area contributed by atoms with E-state index in [9.17, 15) is 14.9 Å². The molecule has 0 heterocycles. The van der Waals surface area contributed by atoms with Gasteiger partial charge in [-0.05, 0) is 13.0 Å². The van der Waals surface area contributed by atoms with Crippen molar-refractivity contribution in [2.24, 2.45) is 0 Å². The van der Waals surface area contributed by atoms with Crippen LogP contribution in [0.5, 0.6) is 0 Å². The highest BCUT2D eigenvalue weighted by Crippen LogP contribution is 2.19. The fourth-order valence-corrected chi connectivity index (χ4v) is 1.51. The molecule has 5 nitrogen and oxygen atoms in total. The average molecular weight is 257 g/mol. The van der Waals surface area contributed by atoms with Crippen LogP contribution in [0.15, 0.2) is 24.3 Å². The number of amides is 1. The number of nitro groups is 1. The van der Waals surface area contributed by atoms with Gasteiger partial charge >= 0.3 is 0 Å². The van der Waals surface area contributed by atoms with Crippen molar-refractivity contribution in [2.45, 2.75) is 13.0 Å². The van der Waals surface area contributed by atoms with E-state index in [4.69, 9.17) is 11.6 Å². The molecule has 1 aromatic carbocycles. The van der Waals surface area contributed by atoms with E-state index >= 15 is 0 Å². The highest BCUT2D eigenvalue weighted by atomic mass is 35.5. The van der Waals surface area contributed by atoms with Crippen LogP contribution in [0.3, 0.4) is 0 Å². The molecule has 1 amide bonds. The van der Waals surface area contributed by atoms with E-state index in [0.717, 1.165) is 0 Å². The molecule has 0 saturated heterocycles. The van der Waals surface area contributed by atoms with Gasteiger partial charge in [0.15, 0.2) is 0 Å². The van der Waals surface area contributed by atoms with Gasteiger partial charge in [-0.2, -0.15) is 0 Å². The summed E-state index contributed by atoms with van der Waals surface area (Å²) in [5.74, 6) is -0.117. The maximum absolute atomic E-state index is 12.0. The van der Waals surface area contributed by atoms with Gasteiger partial charge in [0.2, 0.25) is 0 Å². The molecule has 0 aliphatic carbocycles. The smallest absolute Gasteiger partial charge is 0.282 e. The standard InChI is InChI=1S/C11H13ClN2O3/c1-8(7-12)13(2)11(15)9-5-3-4-6-10(9)14(16)17/h3-6,8H,7H2,1-2H3. The highest BCUT2D eigenvalue weighted by Gasteiger charge is 2.24. The molecule has 0 aliphatic rings. The first-order valence-corrected chi connectivity index (χ1v) is 5.59. The Morgan fingerprint density at radius 1 is 1.53 bits per heavy atom. The van der Waals surface area contributed by atoms with Crippen molar-refractivity contribution in [3.63, 3.8) is 0 Å². The van der Waals surface area contributed by atoms with Crippen LogP contribution in [-0.4, -0.2) is 34.7 Å². The molecule has 1 unspecified atom stereocenters. The second-order valence-electron chi connectivity index (χ2n) is 3.69. The van der Waals surface area contributed by atoms with Crippen LogP contribution in [0.1, 0.15) is 17.3 Å². The summed E-state index contributed by atoms with van der Waals surface area (Å²) in [5, 5.41) is 10.8. The van der Waals surface area contributed by atoms with Crippen molar-refractivity contribution in [3.8, 4) is 0 Å². The Kier molecular flexibility index (Phi) is 4.45. The number of para-hydroxylation sites is 1. The fourth-order valence-electron chi connectivity index (χ4n) is 1.31. The maximum atomic E-state index is 12.0. The number of rotatable bonds is 4.